The summed E-state index contributed by atoms with van der Waals surface area (Å²) < 4.78 is 2.23. The van der Waals surface area contributed by atoms with Crippen LogP contribution in [-0.4, -0.2) is 10.2 Å². The van der Waals surface area contributed by atoms with Gasteiger partial charge in [-0.2, -0.15) is 0 Å². The van der Waals surface area contributed by atoms with E-state index < -0.39 is 0 Å². The van der Waals surface area contributed by atoms with E-state index in [0.29, 0.717) is 0 Å². The van der Waals surface area contributed by atoms with Gasteiger partial charge in [-0.25, -0.2) is 0 Å². The molecule has 0 amide bonds. The van der Waals surface area contributed by atoms with E-state index in [0.717, 1.165) is 31.3 Å². The van der Waals surface area contributed by atoms with Gasteiger partial charge in [-0.05, 0) is 11.1 Å². The van der Waals surface area contributed by atoms with Crippen molar-refractivity contribution in [3.63, 3.8) is 0 Å². The van der Waals surface area contributed by atoms with Gasteiger partial charge in [0, 0.05) is 20.2 Å². The molecule has 0 saturated heterocycles. The second kappa shape index (κ2) is 4.11. The van der Waals surface area contributed by atoms with Crippen LogP contribution < -0.4 is 0 Å². The summed E-state index contributed by atoms with van der Waals surface area (Å²) in [5.74, 6) is 0. The molecular weight excluding hydrogens is 232 g/mol. The highest BCUT2D eigenvalue weighted by atomic mass is 32.1. The zero-order chi connectivity index (χ0) is 11.8. The standard InChI is InChI=1S/C14H12O2S/c15-7-9-3-1-5-11-12-6-2-4-10(8-16)14(12)17-13(9)11/h1-6,15-16H,7-8H2. The van der Waals surface area contributed by atoms with Crippen LogP contribution in [0, 0.1) is 0 Å². The predicted octanol–water partition coefficient (Wildman–Crippen LogP) is 3.04. The molecule has 86 valence electrons. The summed E-state index contributed by atoms with van der Waals surface area (Å²) in [7, 11) is 0. The van der Waals surface area contributed by atoms with Gasteiger partial charge in [0.05, 0.1) is 13.2 Å². The van der Waals surface area contributed by atoms with Crippen LogP contribution in [0.2, 0.25) is 0 Å². The minimum atomic E-state index is 0.0542. The molecule has 1 heterocycles. The molecule has 0 fully saturated rings. The third-order valence-electron chi connectivity index (χ3n) is 3.03. The summed E-state index contributed by atoms with van der Waals surface area (Å²) in [6.07, 6.45) is 0. The second-order valence-electron chi connectivity index (χ2n) is 4.01. The van der Waals surface area contributed by atoms with Gasteiger partial charge in [0.15, 0.2) is 0 Å². The number of aliphatic hydroxyl groups excluding tert-OH is 2. The Bertz CT molecular complexity index is 627. The minimum absolute atomic E-state index is 0.0542. The summed E-state index contributed by atoms with van der Waals surface area (Å²) in [6.45, 7) is 0.108. The average molecular weight is 244 g/mol. The van der Waals surface area contributed by atoms with E-state index in [-0.39, 0.29) is 13.2 Å². The molecule has 3 rings (SSSR count). The lowest BCUT2D eigenvalue weighted by Crippen LogP contribution is -1.81. The van der Waals surface area contributed by atoms with Gasteiger partial charge in [-0.15, -0.1) is 11.3 Å². The third kappa shape index (κ3) is 1.55. The first-order valence-electron chi connectivity index (χ1n) is 5.49. The Morgan fingerprint density at radius 2 is 1.24 bits per heavy atom. The van der Waals surface area contributed by atoms with Crippen LogP contribution in [0.4, 0.5) is 0 Å². The number of benzene rings is 2. The second-order valence-corrected chi connectivity index (χ2v) is 5.03. The highest BCUT2D eigenvalue weighted by Gasteiger charge is 2.10. The topological polar surface area (TPSA) is 40.5 Å². The summed E-state index contributed by atoms with van der Waals surface area (Å²) in [5.41, 5.74) is 1.90. The van der Waals surface area contributed by atoms with E-state index in [9.17, 15) is 10.2 Å². The molecule has 0 saturated carbocycles. The first-order chi connectivity index (χ1) is 8.35. The van der Waals surface area contributed by atoms with Crippen molar-refractivity contribution in [1.29, 1.82) is 0 Å². The summed E-state index contributed by atoms with van der Waals surface area (Å²) >= 11 is 1.64. The Morgan fingerprint density at radius 1 is 0.765 bits per heavy atom. The molecule has 0 bridgehead atoms. The molecule has 0 atom stereocenters. The Balaban J connectivity index is 2.49. The number of rotatable bonds is 2. The van der Waals surface area contributed by atoms with Gasteiger partial charge in [0.1, 0.15) is 0 Å². The van der Waals surface area contributed by atoms with E-state index in [1.165, 1.54) is 0 Å². The molecule has 0 unspecified atom stereocenters. The Morgan fingerprint density at radius 3 is 1.65 bits per heavy atom. The van der Waals surface area contributed by atoms with Crippen LogP contribution in [-0.2, 0) is 13.2 Å². The normalized spacial score (nSPS) is 11.4. The van der Waals surface area contributed by atoms with Crippen molar-refractivity contribution in [1.82, 2.24) is 0 Å². The zero-order valence-electron chi connectivity index (χ0n) is 9.18. The number of fused-ring (bicyclic) bond motifs is 3. The first kappa shape index (κ1) is 10.7. The number of hydrogen-bond donors (Lipinski definition) is 2. The van der Waals surface area contributed by atoms with Crippen LogP contribution in [0.25, 0.3) is 20.2 Å². The van der Waals surface area contributed by atoms with Crippen molar-refractivity contribution < 1.29 is 10.2 Å². The SMILES string of the molecule is OCc1cccc2c1sc1c(CO)cccc12. The van der Waals surface area contributed by atoms with Crippen LogP contribution in [0.5, 0.6) is 0 Å². The molecule has 2 nitrogen and oxygen atoms in total. The van der Waals surface area contributed by atoms with Crippen molar-refractivity contribution in [3.05, 3.63) is 47.5 Å². The van der Waals surface area contributed by atoms with E-state index in [2.05, 4.69) is 12.1 Å². The van der Waals surface area contributed by atoms with E-state index in [1.807, 2.05) is 24.3 Å². The molecule has 0 radical (unpaired) electrons. The quantitative estimate of drug-likeness (QED) is 0.727. The van der Waals surface area contributed by atoms with Crippen molar-refractivity contribution >= 4 is 31.5 Å². The summed E-state index contributed by atoms with van der Waals surface area (Å²) in [6, 6.07) is 11.9. The van der Waals surface area contributed by atoms with Gasteiger partial charge >= 0.3 is 0 Å². The van der Waals surface area contributed by atoms with E-state index in [1.54, 1.807) is 11.3 Å². The van der Waals surface area contributed by atoms with Crippen LogP contribution >= 0.6 is 11.3 Å². The molecule has 2 aromatic carbocycles. The number of hydrogen-bond acceptors (Lipinski definition) is 3. The molecule has 2 N–H and O–H groups in total. The molecular formula is C14H12O2S. The Labute approximate surface area is 103 Å². The summed E-state index contributed by atoms with van der Waals surface area (Å²) in [4.78, 5) is 0. The molecule has 3 aromatic rings. The maximum absolute atomic E-state index is 9.34. The largest absolute Gasteiger partial charge is 0.392 e. The monoisotopic (exact) mass is 244 g/mol. The minimum Gasteiger partial charge on any atom is -0.392 e. The van der Waals surface area contributed by atoms with Gasteiger partial charge in [0.25, 0.3) is 0 Å². The lowest BCUT2D eigenvalue weighted by molar-refractivity contribution is 0.283. The maximum atomic E-state index is 9.34. The zero-order valence-corrected chi connectivity index (χ0v) is 10.00. The Hall–Kier alpha value is -1.42. The predicted molar refractivity (Wildman–Crippen MR) is 71.2 cm³/mol. The fourth-order valence-electron chi connectivity index (χ4n) is 2.19. The van der Waals surface area contributed by atoms with Gasteiger partial charge in [-0.3, -0.25) is 0 Å². The molecule has 0 aliphatic rings. The lowest BCUT2D eigenvalue weighted by atomic mass is 10.1. The van der Waals surface area contributed by atoms with Gasteiger partial charge in [0.2, 0.25) is 0 Å². The highest BCUT2D eigenvalue weighted by molar-refractivity contribution is 7.26. The number of aliphatic hydroxyl groups is 2. The number of thiophene rings is 1. The first-order valence-corrected chi connectivity index (χ1v) is 6.30. The van der Waals surface area contributed by atoms with Gasteiger partial charge < -0.3 is 10.2 Å². The molecule has 17 heavy (non-hydrogen) atoms. The molecule has 0 aliphatic heterocycles. The molecule has 0 aliphatic carbocycles. The lowest BCUT2D eigenvalue weighted by Gasteiger charge is -1.97. The van der Waals surface area contributed by atoms with Crippen molar-refractivity contribution in [2.45, 2.75) is 13.2 Å². The molecule has 3 heteroatoms. The smallest absolute Gasteiger partial charge is 0.0695 e. The van der Waals surface area contributed by atoms with Crippen LogP contribution in [0.15, 0.2) is 36.4 Å². The van der Waals surface area contributed by atoms with E-state index >= 15 is 0 Å². The average Bonchev–Trinajstić information content (AvgIpc) is 2.77. The van der Waals surface area contributed by atoms with Gasteiger partial charge in [-0.1, -0.05) is 36.4 Å². The molecule has 0 spiro atoms. The van der Waals surface area contributed by atoms with Crippen molar-refractivity contribution in [2.75, 3.05) is 0 Å². The molecule has 1 aromatic heterocycles. The fraction of sp³-hybridized carbons (Fsp3) is 0.143. The highest BCUT2D eigenvalue weighted by Crippen LogP contribution is 2.37. The third-order valence-corrected chi connectivity index (χ3v) is 4.40. The van der Waals surface area contributed by atoms with Crippen molar-refractivity contribution in [3.8, 4) is 0 Å². The Kier molecular flexibility index (Phi) is 2.59. The van der Waals surface area contributed by atoms with Crippen LogP contribution in [0.3, 0.4) is 0 Å². The fourth-order valence-corrected chi connectivity index (χ4v) is 3.49. The van der Waals surface area contributed by atoms with Crippen LogP contribution in [0.1, 0.15) is 11.1 Å². The maximum Gasteiger partial charge on any atom is 0.0695 e. The van der Waals surface area contributed by atoms with Crippen molar-refractivity contribution in [2.24, 2.45) is 0 Å². The summed E-state index contributed by atoms with van der Waals surface area (Å²) in [5, 5.41) is 21.0. The van der Waals surface area contributed by atoms with E-state index in [4.69, 9.17) is 0 Å².